The van der Waals surface area contributed by atoms with Gasteiger partial charge in [-0.1, -0.05) is 24.6 Å². The molecule has 3 rings (SSSR count). The standard InChI is InChI=1S/C19H28N2O/c1-13-6-3-9-17(14(13)2)18-10-5-11-21(18)19(22)15-7-4-8-16(20)12-15/h3,6,9,15-16,18H,4-5,7-8,10-12,20H2,1-2H3/t15-,16-,18+/m1/s1. The summed E-state index contributed by atoms with van der Waals surface area (Å²) in [5.41, 5.74) is 10.1. The molecule has 0 radical (unpaired) electrons. The largest absolute Gasteiger partial charge is 0.335 e. The number of rotatable bonds is 2. The molecule has 0 bridgehead atoms. The summed E-state index contributed by atoms with van der Waals surface area (Å²) in [6, 6.07) is 6.95. The Morgan fingerprint density at radius 3 is 2.77 bits per heavy atom. The van der Waals surface area contributed by atoms with Crippen LogP contribution in [0.5, 0.6) is 0 Å². The van der Waals surface area contributed by atoms with Gasteiger partial charge >= 0.3 is 0 Å². The number of carbonyl (C=O) groups is 1. The van der Waals surface area contributed by atoms with Gasteiger partial charge in [-0.05, 0) is 62.6 Å². The fourth-order valence-electron chi connectivity index (χ4n) is 4.18. The van der Waals surface area contributed by atoms with E-state index in [1.807, 2.05) is 0 Å². The average Bonchev–Trinajstić information content (AvgIpc) is 2.98. The van der Waals surface area contributed by atoms with E-state index in [9.17, 15) is 4.79 Å². The maximum Gasteiger partial charge on any atom is 0.226 e. The number of nitrogens with zero attached hydrogens (tertiary/aromatic N) is 1. The van der Waals surface area contributed by atoms with Crippen molar-refractivity contribution in [2.45, 2.75) is 64.5 Å². The van der Waals surface area contributed by atoms with Crippen molar-refractivity contribution in [2.75, 3.05) is 6.54 Å². The van der Waals surface area contributed by atoms with Crippen LogP contribution in [0.1, 0.15) is 61.3 Å². The Balaban J connectivity index is 1.81. The lowest BCUT2D eigenvalue weighted by Gasteiger charge is -2.33. The van der Waals surface area contributed by atoms with Crippen LogP contribution in [0.15, 0.2) is 18.2 Å². The van der Waals surface area contributed by atoms with Crippen LogP contribution in [0.3, 0.4) is 0 Å². The van der Waals surface area contributed by atoms with E-state index in [0.717, 1.165) is 45.1 Å². The summed E-state index contributed by atoms with van der Waals surface area (Å²) in [6.07, 6.45) is 6.26. The third-order valence-electron chi connectivity index (χ3n) is 5.61. The van der Waals surface area contributed by atoms with E-state index in [4.69, 9.17) is 5.73 Å². The van der Waals surface area contributed by atoms with Crippen LogP contribution >= 0.6 is 0 Å². The third-order valence-corrected chi connectivity index (χ3v) is 5.61. The van der Waals surface area contributed by atoms with Crippen molar-refractivity contribution in [3.05, 3.63) is 34.9 Å². The van der Waals surface area contributed by atoms with Crippen LogP contribution < -0.4 is 5.73 Å². The summed E-state index contributed by atoms with van der Waals surface area (Å²) in [5, 5.41) is 0. The normalized spacial score (nSPS) is 28.9. The van der Waals surface area contributed by atoms with Crippen LogP contribution in [0.25, 0.3) is 0 Å². The van der Waals surface area contributed by atoms with Crippen LogP contribution in [-0.4, -0.2) is 23.4 Å². The smallest absolute Gasteiger partial charge is 0.226 e. The minimum absolute atomic E-state index is 0.148. The Hall–Kier alpha value is -1.35. The zero-order valence-corrected chi connectivity index (χ0v) is 13.8. The van der Waals surface area contributed by atoms with Gasteiger partial charge in [0.25, 0.3) is 0 Å². The molecule has 1 saturated carbocycles. The van der Waals surface area contributed by atoms with Gasteiger partial charge in [0.2, 0.25) is 5.91 Å². The van der Waals surface area contributed by atoms with Gasteiger partial charge in [-0.15, -0.1) is 0 Å². The zero-order valence-electron chi connectivity index (χ0n) is 13.8. The molecule has 120 valence electrons. The minimum atomic E-state index is 0.148. The first kappa shape index (κ1) is 15.5. The molecule has 1 aromatic carbocycles. The Morgan fingerprint density at radius 2 is 2.00 bits per heavy atom. The Labute approximate surface area is 133 Å². The second kappa shape index (κ2) is 6.41. The van der Waals surface area contributed by atoms with Gasteiger partial charge in [0, 0.05) is 18.5 Å². The van der Waals surface area contributed by atoms with Crippen molar-refractivity contribution in [3.8, 4) is 0 Å². The number of nitrogens with two attached hydrogens (primary N) is 1. The molecule has 1 aliphatic carbocycles. The van der Waals surface area contributed by atoms with Crippen LogP contribution in [0.4, 0.5) is 0 Å². The van der Waals surface area contributed by atoms with Gasteiger partial charge in [0.1, 0.15) is 0 Å². The molecule has 3 atom stereocenters. The summed E-state index contributed by atoms with van der Waals surface area (Å²) >= 11 is 0. The molecule has 3 nitrogen and oxygen atoms in total. The Morgan fingerprint density at radius 1 is 1.18 bits per heavy atom. The van der Waals surface area contributed by atoms with Crippen molar-refractivity contribution in [3.63, 3.8) is 0 Å². The molecule has 1 aliphatic heterocycles. The van der Waals surface area contributed by atoms with E-state index in [-0.39, 0.29) is 18.0 Å². The van der Waals surface area contributed by atoms with Crippen LogP contribution in [-0.2, 0) is 4.79 Å². The number of hydrogen-bond acceptors (Lipinski definition) is 2. The van der Waals surface area contributed by atoms with Gasteiger partial charge in [-0.25, -0.2) is 0 Å². The molecular formula is C19H28N2O. The van der Waals surface area contributed by atoms with E-state index < -0.39 is 0 Å². The first-order valence-electron chi connectivity index (χ1n) is 8.70. The van der Waals surface area contributed by atoms with Gasteiger partial charge in [-0.3, -0.25) is 4.79 Å². The molecule has 22 heavy (non-hydrogen) atoms. The third kappa shape index (κ3) is 2.91. The first-order chi connectivity index (χ1) is 10.6. The number of benzene rings is 1. The number of aryl methyl sites for hydroxylation is 1. The van der Waals surface area contributed by atoms with Crippen LogP contribution in [0.2, 0.25) is 0 Å². The second-order valence-corrected chi connectivity index (χ2v) is 7.10. The van der Waals surface area contributed by atoms with Crippen LogP contribution in [0, 0.1) is 19.8 Å². The van der Waals surface area contributed by atoms with Crippen molar-refractivity contribution >= 4 is 5.91 Å². The summed E-state index contributed by atoms with van der Waals surface area (Å²) < 4.78 is 0. The molecule has 1 saturated heterocycles. The van der Waals surface area contributed by atoms with E-state index in [2.05, 4.69) is 36.9 Å². The monoisotopic (exact) mass is 300 g/mol. The number of carbonyl (C=O) groups excluding carboxylic acids is 1. The molecule has 0 aromatic heterocycles. The van der Waals surface area contributed by atoms with Crippen molar-refractivity contribution < 1.29 is 4.79 Å². The van der Waals surface area contributed by atoms with E-state index in [0.29, 0.717) is 5.91 Å². The predicted octanol–water partition coefficient (Wildman–Crippen LogP) is 3.48. The fourth-order valence-corrected chi connectivity index (χ4v) is 4.18. The van der Waals surface area contributed by atoms with Crippen molar-refractivity contribution in [2.24, 2.45) is 11.7 Å². The fraction of sp³-hybridized carbons (Fsp3) is 0.632. The average molecular weight is 300 g/mol. The number of hydrogen-bond donors (Lipinski definition) is 1. The quantitative estimate of drug-likeness (QED) is 0.909. The predicted molar refractivity (Wildman–Crippen MR) is 89.5 cm³/mol. The van der Waals surface area contributed by atoms with E-state index in [1.54, 1.807) is 0 Å². The molecule has 0 spiro atoms. The molecule has 1 amide bonds. The number of amides is 1. The second-order valence-electron chi connectivity index (χ2n) is 7.10. The molecule has 2 aliphatic rings. The molecule has 1 aromatic rings. The van der Waals surface area contributed by atoms with Gasteiger partial charge in [0.15, 0.2) is 0 Å². The highest BCUT2D eigenvalue weighted by Gasteiger charge is 2.36. The first-order valence-corrected chi connectivity index (χ1v) is 8.70. The minimum Gasteiger partial charge on any atom is -0.335 e. The molecule has 1 heterocycles. The van der Waals surface area contributed by atoms with Crippen molar-refractivity contribution in [1.29, 1.82) is 0 Å². The zero-order chi connectivity index (χ0) is 15.7. The molecule has 3 heteroatoms. The SMILES string of the molecule is Cc1cccc([C@@H]2CCCN2C(=O)[C@@H]2CCC[C@@H](N)C2)c1C. The maximum atomic E-state index is 13.0. The number of likely N-dealkylation sites (tertiary alicyclic amines) is 1. The van der Waals surface area contributed by atoms with Gasteiger partial charge in [0.05, 0.1) is 6.04 Å². The van der Waals surface area contributed by atoms with Gasteiger partial charge < -0.3 is 10.6 Å². The lowest BCUT2D eigenvalue weighted by atomic mass is 9.85. The maximum absolute atomic E-state index is 13.0. The highest BCUT2D eigenvalue weighted by molar-refractivity contribution is 5.80. The highest BCUT2D eigenvalue weighted by Crippen LogP contribution is 2.37. The molecular weight excluding hydrogens is 272 g/mol. The summed E-state index contributed by atoms with van der Waals surface area (Å²) in [6.45, 7) is 5.24. The highest BCUT2D eigenvalue weighted by atomic mass is 16.2. The molecule has 2 N–H and O–H groups in total. The summed E-state index contributed by atoms with van der Waals surface area (Å²) in [7, 11) is 0. The molecule has 2 fully saturated rings. The van der Waals surface area contributed by atoms with E-state index >= 15 is 0 Å². The topological polar surface area (TPSA) is 46.3 Å². The molecule has 0 unspecified atom stereocenters. The summed E-state index contributed by atoms with van der Waals surface area (Å²) in [4.78, 5) is 15.1. The lowest BCUT2D eigenvalue weighted by Crippen LogP contribution is -2.40. The van der Waals surface area contributed by atoms with Gasteiger partial charge in [-0.2, -0.15) is 0 Å². The van der Waals surface area contributed by atoms with Crippen molar-refractivity contribution in [1.82, 2.24) is 4.90 Å². The summed E-state index contributed by atoms with van der Waals surface area (Å²) in [5.74, 6) is 0.494. The Kier molecular flexibility index (Phi) is 4.53. The lowest BCUT2D eigenvalue weighted by molar-refractivity contribution is -0.137. The Bertz CT molecular complexity index is 554. The van der Waals surface area contributed by atoms with E-state index in [1.165, 1.54) is 16.7 Å².